The molecule has 0 fully saturated rings. The maximum absolute atomic E-state index is 8.76. The third-order valence-electron chi connectivity index (χ3n) is 2.02. The molecule has 0 aromatic rings. The van der Waals surface area contributed by atoms with Crippen LogP contribution in [0.3, 0.4) is 0 Å². The molecule has 0 aliphatic rings. The van der Waals surface area contributed by atoms with Crippen LogP contribution in [-0.4, -0.2) is 30.5 Å². The average Bonchev–Trinajstić information content (AvgIpc) is 2.23. The summed E-state index contributed by atoms with van der Waals surface area (Å²) in [6, 6.07) is 0. The van der Waals surface area contributed by atoms with Gasteiger partial charge in [-0.15, -0.1) is 0 Å². The average molecular weight is 216 g/mol. The van der Waals surface area contributed by atoms with E-state index in [0.717, 1.165) is 12.8 Å². The number of allylic oxidation sites excluding steroid dienone is 1. The van der Waals surface area contributed by atoms with Crippen molar-refractivity contribution in [1.29, 1.82) is 0 Å². The van der Waals surface area contributed by atoms with Crippen LogP contribution in [0.2, 0.25) is 0 Å². The van der Waals surface area contributed by atoms with Gasteiger partial charge >= 0.3 is 0 Å². The van der Waals surface area contributed by atoms with Crippen LogP contribution in [0, 0.1) is 0 Å². The quantitative estimate of drug-likeness (QED) is 0.633. The summed E-state index contributed by atoms with van der Waals surface area (Å²) >= 11 is 0. The normalized spacial score (nSPS) is 16.2. The van der Waals surface area contributed by atoms with Crippen LogP contribution in [0.5, 0.6) is 0 Å². The molecule has 2 unspecified atom stereocenters. The molecule has 0 radical (unpaired) electrons. The molecule has 0 saturated heterocycles. The first kappa shape index (κ1) is 14.5. The number of rotatable bonds is 8. The smallest absolute Gasteiger partial charge is 0.118 e. The zero-order chi connectivity index (χ0) is 11.7. The molecule has 0 aromatic carbocycles. The maximum atomic E-state index is 8.76. The van der Waals surface area contributed by atoms with Gasteiger partial charge in [0.15, 0.2) is 0 Å². The molecule has 0 aliphatic heterocycles. The van der Waals surface area contributed by atoms with Gasteiger partial charge < -0.3 is 14.6 Å². The standard InChI is InChI=1S/C12H24O3/c1-5-6-10(2)8-14-12(4)9-15-11(3)7-13/h8,11-13H,5-7,9H2,1-4H3. The lowest BCUT2D eigenvalue weighted by molar-refractivity contribution is -0.0223. The van der Waals surface area contributed by atoms with Crippen molar-refractivity contribution in [1.82, 2.24) is 0 Å². The molecule has 0 bridgehead atoms. The van der Waals surface area contributed by atoms with Crippen LogP contribution in [0.25, 0.3) is 0 Å². The van der Waals surface area contributed by atoms with Crippen molar-refractivity contribution < 1.29 is 14.6 Å². The Labute approximate surface area is 93.1 Å². The molecule has 0 spiro atoms. The summed E-state index contributed by atoms with van der Waals surface area (Å²) in [7, 11) is 0. The van der Waals surface area contributed by atoms with Crippen molar-refractivity contribution in [2.24, 2.45) is 0 Å². The van der Waals surface area contributed by atoms with E-state index in [2.05, 4.69) is 13.8 Å². The second kappa shape index (κ2) is 8.74. The van der Waals surface area contributed by atoms with E-state index in [9.17, 15) is 0 Å². The summed E-state index contributed by atoms with van der Waals surface area (Å²) in [5, 5.41) is 8.76. The molecule has 0 aliphatic carbocycles. The van der Waals surface area contributed by atoms with Gasteiger partial charge in [0.1, 0.15) is 6.10 Å². The summed E-state index contributed by atoms with van der Waals surface area (Å²) < 4.78 is 10.8. The van der Waals surface area contributed by atoms with Gasteiger partial charge in [0.25, 0.3) is 0 Å². The number of ether oxygens (including phenoxy) is 2. The largest absolute Gasteiger partial charge is 0.496 e. The minimum Gasteiger partial charge on any atom is -0.496 e. The van der Waals surface area contributed by atoms with Gasteiger partial charge in [-0.25, -0.2) is 0 Å². The van der Waals surface area contributed by atoms with Gasteiger partial charge in [-0.2, -0.15) is 0 Å². The van der Waals surface area contributed by atoms with Crippen LogP contribution in [0.1, 0.15) is 40.5 Å². The second-order valence-corrected chi connectivity index (χ2v) is 3.99. The van der Waals surface area contributed by atoms with E-state index in [0.29, 0.717) is 6.61 Å². The van der Waals surface area contributed by atoms with E-state index < -0.39 is 0 Å². The molecule has 3 heteroatoms. The Hall–Kier alpha value is -0.540. The Kier molecular flexibility index (Phi) is 8.43. The Morgan fingerprint density at radius 1 is 1.33 bits per heavy atom. The van der Waals surface area contributed by atoms with Gasteiger partial charge in [0.05, 0.1) is 25.6 Å². The molecule has 3 nitrogen and oxygen atoms in total. The van der Waals surface area contributed by atoms with Crippen molar-refractivity contribution in [3.63, 3.8) is 0 Å². The number of aliphatic hydroxyl groups is 1. The van der Waals surface area contributed by atoms with Gasteiger partial charge in [-0.3, -0.25) is 0 Å². The molecule has 15 heavy (non-hydrogen) atoms. The first-order chi connectivity index (χ1) is 7.10. The molecule has 1 N–H and O–H groups in total. The number of hydrogen-bond donors (Lipinski definition) is 1. The lowest BCUT2D eigenvalue weighted by atomic mass is 10.2. The fourth-order valence-corrected chi connectivity index (χ4v) is 1.08. The Morgan fingerprint density at radius 2 is 2.00 bits per heavy atom. The predicted molar refractivity (Wildman–Crippen MR) is 61.7 cm³/mol. The molecule has 2 atom stereocenters. The van der Waals surface area contributed by atoms with E-state index in [1.165, 1.54) is 5.57 Å². The van der Waals surface area contributed by atoms with E-state index in [4.69, 9.17) is 14.6 Å². The molecule has 90 valence electrons. The highest BCUT2D eigenvalue weighted by Gasteiger charge is 2.05. The minimum atomic E-state index is -0.114. The lowest BCUT2D eigenvalue weighted by Crippen LogP contribution is -2.21. The van der Waals surface area contributed by atoms with Crippen LogP contribution in [0.4, 0.5) is 0 Å². The second-order valence-electron chi connectivity index (χ2n) is 3.99. The first-order valence-electron chi connectivity index (χ1n) is 5.63. The lowest BCUT2D eigenvalue weighted by Gasteiger charge is -2.15. The molecular weight excluding hydrogens is 192 g/mol. The topological polar surface area (TPSA) is 38.7 Å². The van der Waals surface area contributed by atoms with Crippen molar-refractivity contribution in [3.05, 3.63) is 11.8 Å². The highest BCUT2D eigenvalue weighted by atomic mass is 16.5. The van der Waals surface area contributed by atoms with Gasteiger partial charge in [0, 0.05) is 0 Å². The molecule has 0 saturated carbocycles. The summed E-state index contributed by atoms with van der Waals surface area (Å²) in [5.74, 6) is 0. The fraction of sp³-hybridized carbons (Fsp3) is 0.833. The highest BCUT2D eigenvalue weighted by molar-refractivity contribution is 4.92. The third kappa shape index (κ3) is 8.45. The van der Waals surface area contributed by atoms with E-state index in [1.807, 2.05) is 13.8 Å². The number of aliphatic hydroxyl groups excluding tert-OH is 1. The SMILES string of the molecule is CCCC(C)=COC(C)COC(C)CO. The van der Waals surface area contributed by atoms with Crippen molar-refractivity contribution >= 4 is 0 Å². The van der Waals surface area contributed by atoms with Crippen molar-refractivity contribution in [2.75, 3.05) is 13.2 Å². The monoisotopic (exact) mass is 216 g/mol. The van der Waals surface area contributed by atoms with Crippen LogP contribution in [0.15, 0.2) is 11.8 Å². The molecule has 0 amide bonds. The zero-order valence-corrected chi connectivity index (χ0v) is 10.3. The summed E-state index contributed by atoms with van der Waals surface area (Å²) in [6.45, 7) is 8.57. The summed E-state index contributed by atoms with van der Waals surface area (Å²) in [5.41, 5.74) is 1.25. The highest BCUT2D eigenvalue weighted by Crippen LogP contribution is 2.05. The molecule has 0 aromatic heterocycles. The van der Waals surface area contributed by atoms with Gasteiger partial charge in [-0.05, 0) is 32.8 Å². The molecule has 0 heterocycles. The predicted octanol–water partition coefficient (Wildman–Crippen LogP) is 2.49. The van der Waals surface area contributed by atoms with Crippen molar-refractivity contribution in [3.8, 4) is 0 Å². The minimum absolute atomic E-state index is 0.0332. The summed E-state index contributed by atoms with van der Waals surface area (Å²) in [4.78, 5) is 0. The van der Waals surface area contributed by atoms with Crippen LogP contribution >= 0.6 is 0 Å². The van der Waals surface area contributed by atoms with E-state index in [-0.39, 0.29) is 18.8 Å². The van der Waals surface area contributed by atoms with E-state index >= 15 is 0 Å². The number of hydrogen-bond acceptors (Lipinski definition) is 3. The van der Waals surface area contributed by atoms with Gasteiger partial charge in [-0.1, -0.05) is 13.3 Å². The molecule has 0 rings (SSSR count). The first-order valence-corrected chi connectivity index (χ1v) is 5.63. The Morgan fingerprint density at radius 3 is 2.53 bits per heavy atom. The maximum Gasteiger partial charge on any atom is 0.118 e. The third-order valence-corrected chi connectivity index (χ3v) is 2.02. The Bertz CT molecular complexity index is 178. The fourth-order valence-electron chi connectivity index (χ4n) is 1.08. The Balaban J connectivity index is 3.64. The molecular formula is C12H24O3. The van der Waals surface area contributed by atoms with E-state index in [1.54, 1.807) is 6.26 Å². The van der Waals surface area contributed by atoms with Crippen LogP contribution < -0.4 is 0 Å². The van der Waals surface area contributed by atoms with Gasteiger partial charge in [0.2, 0.25) is 0 Å². The van der Waals surface area contributed by atoms with Crippen LogP contribution in [-0.2, 0) is 9.47 Å². The summed E-state index contributed by atoms with van der Waals surface area (Å²) in [6.07, 6.45) is 3.93. The van der Waals surface area contributed by atoms with Crippen molar-refractivity contribution in [2.45, 2.75) is 52.7 Å². The zero-order valence-electron chi connectivity index (χ0n) is 10.3.